The summed E-state index contributed by atoms with van der Waals surface area (Å²) in [7, 11) is 1.32. The molecule has 1 fully saturated rings. The van der Waals surface area contributed by atoms with E-state index in [0.717, 1.165) is 31.4 Å². The van der Waals surface area contributed by atoms with E-state index in [4.69, 9.17) is 0 Å². The molecule has 7 heteroatoms. The number of hydrogen-bond donors (Lipinski definition) is 3. The van der Waals surface area contributed by atoms with Crippen molar-refractivity contribution in [1.29, 1.82) is 0 Å². The predicted octanol–water partition coefficient (Wildman–Crippen LogP) is 3.34. The highest BCUT2D eigenvalue weighted by atomic mass is 19.1. The summed E-state index contributed by atoms with van der Waals surface area (Å²) in [6, 6.07) is 13.1. The fourth-order valence-corrected chi connectivity index (χ4v) is 3.62. The number of hydrogen-bond acceptors (Lipinski definition) is 4. The molecule has 2 atom stereocenters. The summed E-state index contributed by atoms with van der Waals surface area (Å²) in [5.74, 6) is -0.176. The Morgan fingerprint density at radius 2 is 2.00 bits per heavy atom. The van der Waals surface area contributed by atoms with Crippen LogP contribution in [-0.2, 0) is 11.2 Å². The highest BCUT2D eigenvalue weighted by molar-refractivity contribution is 5.93. The van der Waals surface area contributed by atoms with Crippen molar-refractivity contribution in [2.45, 2.75) is 25.3 Å². The summed E-state index contributed by atoms with van der Waals surface area (Å²) in [6.07, 6.45) is 2.90. The second-order valence-electron chi connectivity index (χ2n) is 7.28. The van der Waals surface area contributed by atoms with Gasteiger partial charge in [0.15, 0.2) is 0 Å². The minimum absolute atomic E-state index is 0.182. The number of carbonyl (C=O) groups is 2. The van der Waals surface area contributed by atoms with Crippen LogP contribution in [0.3, 0.4) is 0 Å². The van der Waals surface area contributed by atoms with Crippen LogP contribution in [0.5, 0.6) is 0 Å². The SMILES string of the molecule is COC(=O)c1cccc(NC(=O)NC[C@H]2C[C@@H](Cc3ccc(F)cc3)CCN2)c1. The van der Waals surface area contributed by atoms with E-state index in [2.05, 4.69) is 20.7 Å². The predicted molar refractivity (Wildman–Crippen MR) is 109 cm³/mol. The number of amides is 2. The lowest BCUT2D eigenvalue weighted by Gasteiger charge is -2.30. The smallest absolute Gasteiger partial charge is 0.337 e. The number of nitrogens with one attached hydrogen (secondary N) is 3. The molecule has 0 spiro atoms. The minimum Gasteiger partial charge on any atom is -0.465 e. The lowest BCUT2D eigenvalue weighted by molar-refractivity contribution is 0.0600. The molecule has 1 aliphatic rings. The molecule has 29 heavy (non-hydrogen) atoms. The van der Waals surface area contributed by atoms with Gasteiger partial charge in [-0.2, -0.15) is 0 Å². The third-order valence-electron chi connectivity index (χ3n) is 5.09. The zero-order valence-electron chi connectivity index (χ0n) is 16.4. The Bertz CT molecular complexity index is 841. The highest BCUT2D eigenvalue weighted by Gasteiger charge is 2.22. The second kappa shape index (κ2) is 10.0. The van der Waals surface area contributed by atoms with E-state index in [1.165, 1.54) is 19.2 Å². The first-order valence-electron chi connectivity index (χ1n) is 9.74. The van der Waals surface area contributed by atoms with Gasteiger partial charge < -0.3 is 20.7 Å². The summed E-state index contributed by atoms with van der Waals surface area (Å²) < 4.78 is 17.7. The Hall–Kier alpha value is -2.93. The van der Waals surface area contributed by atoms with Gasteiger partial charge in [-0.25, -0.2) is 14.0 Å². The first-order valence-corrected chi connectivity index (χ1v) is 9.74. The molecular formula is C22H26FN3O3. The highest BCUT2D eigenvalue weighted by Crippen LogP contribution is 2.21. The van der Waals surface area contributed by atoms with Crippen molar-refractivity contribution in [3.8, 4) is 0 Å². The fourth-order valence-electron chi connectivity index (χ4n) is 3.62. The number of carbonyl (C=O) groups excluding carboxylic acids is 2. The molecule has 0 aromatic heterocycles. The Balaban J connectivity index is 1.46. The van der Waals surface area contributed by atoms with Crippen molar-refractivity contribution >= 4 is 17.7 Å². The van der Waals surface area contributed by atoms with Crippen molar-refractivity contribution in [2.24, 2.45) is 5.92 Å². The first kappa shape index (κ1) is 20.8. The lowest BCUT2D eigenvalue weighted by Crippen LogP contribution is -2.47. The number of rotatable bonds is 6. The van der Waals surface area contributed by atoms with Crippen LogP contribution in [-0.4, -0.2) is 38.2 Å². The second-order valence-corrected chi connectivity index (χ2v) is 7.28. The lowest BCUT2D eigenvalue weighted by atomic mass is 9.87. The van der Waals surface area contributed by atoms with Crippen LogP contribution in [0.2, 0.25) is 0 Å². The van der Waals surface area contributed by atoms with Crippen LogP contribution in [0.25, 0.3) is 0 Å². The molecule has 1 aliphatic heterocycles. The van der Waals surface area contributed by atoms with Gasteiger partial charge in [0.05, 0.1) is 12.7 Å². The number of benzene rings is 2. The van der Waals surface area contributed by atoms with Crippen LogP contribution in [0.4, 0.5) is 14.9 Å². The molecule has 0 saturated carbocycles. The Kier molecular flexibility index (Phi) is 7.19. The maximum Gasteiger partial charge on any atom is 0.337 e. The van der Waals surface area contributed by atoms with Crippen molar-refractivity contribution < 1.29 is 18.7 Å². The van der Waals surface area contributed by atoms with E-state index in [9.17, 15) is 14.0 Å². The van der Waals surface area contributed by atoms with E-state index in [1.807, 2.05) is 12.1 Å². The number of piperidine rings is 1. The van der Waals surface area contributed by atoms with Gasteiger partial charge >= 0.3 is 12.0 Å². The number of urea groups is 1. The van der Waals surface area contributed by atoms with Gasteiger partial charge in [0.2, 0.25) is 0 Å². The summed E-state index contributed by atoms with van der Waals surface area (Å²) in [5, 5.41) is 9.04. The van der Waals surface area contributed by atoms with Gasteiger partial charge in [-0.1, -0.05) is 18.2 Å². The first-order chi connectivity index (χ1) is 14.0. The van der Waals surface area contributed by atoms with E-state index in [0.29, 0.717) is 23.7 Å². The standard InChI is InChI=1S/C22H26FN3O3/c1-29-21(27)17-3-2-4-19(13-17)26-22(28)25-14-20-12-16(9-10-24-20)11-15-5-7-18(23)8-6-15/h2-8,13,16,20,24H,9-12,14H2,1H3,(H2,25,26,28)/t16-,20-/m1/s1. The van der Waals surface area contributed by atoms with Gasteiger partial charge in [0, 0.05) is 18.3 Å². The monoisotopic (exact) mass is 399 g/mol. The molecule has 0 bridgehead atoms. The Morgan fingerprint density at radius 1 is 1.21 bits per heavy atom. The molecule has 6 nitrogen and oxygen atoms in total. The molecule has 154 valence electrons. The third kappa shape index (κ3) is 6.29. The van der Waals surface area contributed by atoms with Crippen molar-refractivity contribution in [2.75, 3.05) is 25.5 Å². The summed E-state index contributed by atoms with van der Waals surface area (Å²) in [6.45, 7) is 1.39. The van der Waals surface area contributed by atoms with Gasteiger partial charge in [0.1, 0.15) is 5.82 Å². The summed E-state index contributed by atoms with van der Waals surface area (Å²) in [5.41, 5.74) is 2.03. The molecule has 0 aliphatic carbocycles. The molecule has 2 aromatic rings. The molecule has 2 aromatic carbocycles. The zero-order valence-corrected chi connectivity index (χ0v) is 16.4. The van der Waals surface area contributed by atoms with Crippen LogP contribution in [0.1, 0.15) is 28.8 Å². The van der Waals surface area contributed by atoms with Gasteiger partial charge in [-0.15, -0.1) is 0 Å². The average molecular weight is 399 g/mol. The zero-order chi connectivity index (χ0) is 20.6. The third-order valence-corrected chi connectivity index (χ3v) is 5.09. The number of esters is 1. The number of methoxy groups -OCH3 is 1. The quantitative estimate of drug-likeness (QED) is 0.651. The maximum atomic E-state index is 13.1. The molecular weight excluding hydrogens is 373 g/mol. The van der Waals surface area contributed by atoms with Gasteiger partial charge in [-0.05, 0) is 67.6 Å². The summed E-state index contributed by atoms with van der Waals surface area (Å²) >= 11 is 0. The van der Waals surface area contributed by atoms with Gasteiger partial charge in [0.25, 0.3) is 0 Å². The summed E-state index contributed by atoms with van der Waals surface area (Å²) in [4.78, 5) is 23.8. The maximum absolute atomic E-state index is 13.1. The van der Waals surface area contributed by atoms with Crippen LogP contribution in [0.15, 0.2) is 48.5 Å². The van der Waals surface area contributed by atoms with Crippen molar-refractivity contribution in [1.82, 2.24) is 10.6 Å². The van der Waals surface area contributed by atoms with Crippen LogP contribution >= 0.6 is 0 Å². The minimum atomic E-state index is -0.451. The molecule has 2 amide bonds. The molecule has 0 radical (unpaired) electrons. The molecule has 3 rings (SSSR count). The average Bonchev–Trinajstić information content (AvgIpc) is 2.74. The fraction of sp³-hybridized carbons (Fsp3) is 0.364. The normalized spacial score (nSPS) is 18.7. The van der Waals surface area contributed by atoms with E-state index in [1.54, 1.807) is 24.3 Å². The Labute approximate surface area is 169 Å². The largest absolute Gasteiger partial charge is 0.465 e. The van der Waals surface area contributed by atoms with Crippen molar-refractivity contribution in [3.63, 3.8) is 0 Å². The number of anilines is 1. The van der Waals surface area contributed by atoms with Crippen LogP contribution in [0, 0.1) is 11.7 Å². The number of halogens is 1. The number of ether oxygens (including phenoxy) is 1. The molecule has 1 saturated heterocycles. The van der Waals surface area contributed by atoms with E-state index < -0.39 is 5.97 Å². The van der Waals surface area contributed by atoms with E-state index in [-0.39, 0.29) is 17.9 Å². The molecule has 0 unspecified atom stereocenters. The topological polar surface area (TPSA) is 79.5 Å². The van der Waals surface area contributed by atoms with Crippen molar-refractivity contribution in [3.05, 3.63) is 65.5 Å². The Morgan fingerprint density at radius 3 is 2.76 bits per heavy atom. The molecule has 1 heterocycles. The molecule has 3 N–H and O–H groups in total. The van der Waals surface area contributed by atoms with Crippen LogP contribution < -0.4 is 16.0 Å². The van der Waals surface area contributed by atoms with Gasteiger partial charge in [-0.3, -0.25) is 0 Å². The van der Waals surface area contributed by atoms with E-state index >= 15 is 0 Å².